The van der Waals surface area contributed by atoms with E-state index in [0.29, 0.717) is 17.2 Å². The molecule has 0 spiro atoms. The van der Waals surface area contributed by atoms with Crippen molar-refractivity contribution in [1.29, 1.82) is 0 Å². The van der Waals surface area contributed by atoms with Crippen molar-refractivity contribution >= 4 is 41.1 Å². The van der Waals surface area contributed by atoms with Crippen LogP contribution in [0.1, 0.15) is 20.8 Å². The molecule has 7 heteroatoms. The van der Waals surface area contributed by atoms with Crippen LogP contribution >= 0.6 is 7.26 Å². The van der Waals surface area contributed by atoms with Gasteiger partial charge in [0.05, 0.1) is 6.66 Å². The summed E-state index contributed by atoms with van der Waals surface area (Å²) in [7, 11) is -2.11. The quantitative estimate of drug-likeness (QED) is 0.325. The molecule has 3 rings (SSSR count). The molecule has 0 radical (unpaired) electrons. The van der Waals surface area contributed by atoms with Gasteiger partial charge in [0.1, 0.15) is 40.4 Å². The van der Waals surface area contributed by atoms with E-state index in [9.17, 15) is 14.4 Å². The van der Waals surface area contributed by atoms with Crippen LogP contribution in [0.3, 0.4) is 0 Å². The molecule has 0 heterocycles. The van der Waals surface area contributed by atoms with Crippen LogP contribution in [0.25, 0.3) is 0 Å². The molecule has 3 aromatic carbocycles. The van der Waals surface area contributed by atoms with Gasteiger partial charge in [0.25, 0.3) is 0 Å². The van der Waals surface area contributed by atoms with E-state index in [1.165, 1.54) is 20.8 Å². The molecule has 6 nitrogen and oxygen atoms in total. The third-order valence-electron chi connectivity index (χ3n) is 4.84. The molecule has 0 aliphatic carbocycles. The van der Waals surface area contributed by atoms with Crippen molar-refractivity contribution in [2.45, 2.75) is 20.8 Å². The summed E-state index contributed by atoms with van der Waals surface area (Å²) in [6.07, 6.45) is 0. The molecule has 3 aromatic rings. The molecule has 0 atom stereocenters. The molecule has 0 saturated heterocycles. The van der Waals surface area contributed by atoms with Crippen molar-refractivity contribution in [3.05, 3.63) is 72.8 Å². The Balaban J connectivity index is 2.07. The molecule has 0 N–H and O–H groups in total. The van der Waals surface area contributed by atoms with Gasteiger partial charge >= 0.3 is 17.9 Å². The van der Waals surface area contributed by atoms with Gasteiger partial charge in [-0.05, 0) is 72.8 Å². The van der Waals surface area contributed by atoms with Crippen molar-refractivity contribution in [3.63, 3.8) is 0 Å². The molecular weight excluding hydrogens is 427 g/mol. The van der Waals surface area contributed by atoms with Gasteiger partial charge in [-0.25, -0.2) is 0 Å². The molecule has 0 bridgehead atoms. The van der Waals surface area contributed by atoms with Crippen molar-refractivity contribution in [2.24, 2.45) is 0 Å². The summed E-state index contributed by atoms with van der Waals surface area (Å²) >= 11 is 0. The van der Waals surface area contributed by atoms with Crippen LogP contribution in [0, 0.1) is 0 Å². The lowest BCUT2D eigenvalue weighted by atomic mass is 10.3. The molecular formula is C25H24O6P+. The summed E-state index contributed by atoms with van der Waals surface area (Å²) < 4.78 is 15.5. The van der Waals surface area contributed by atoms with E-state index in [1.807, 2.05) is 36.4 Å². The highest BCUT2D eigenvalue weighted by atomic mass is 31.2. The van der Waals surface area contributed by atoms with Gasteiger partial charge in [-0.2, -0.15) is 0 Å². The lowest BCUT2D eigenvalue weighted by Gasteiger charge is -2.23. The lowest BCUT2D eigenvalue weighted by Crippen LogP contribution is -2.30. The highest BCUT2D eigenvalue weighted by Gasteiger charge is 2.40. The Morgan fingerprint density at radius 3 is 0.906 bits per heavy atom. The van der Waals surface area contributed by atoms with E-state index >= 15 is 0 Å². The first-order valence-corrected chi connectivity index (χ1v) is 12.2. The Morgan fingerprint density at radius 1 is 0.500 bits per heavy atom. The summed E-state index contributed by atoms with van der Waals surface area (Å²) in [4.78, 5) is 33.8. The van der Waals surface area contributed by atoms with Gasteiger partial charge < -0.3 is 14.2 Å². The second-order valence-corrected chi connectivity index (χ2v) is 10.8. The molecule has 0 aromatic heterocycles. The summed E-state index contributed by atoms with van der Waals surface area (Å²) in [5.74, 6) is 0.293. The van der Waals surface area contributed by atoms with Crippen LogP contribution in [0.4, 0.5) is 0 Å². The monoisotopic (exact) mass is 451 g/mol. The first-order chi connectivity index (χ1) is 15.2. The summed E-state index contributed by atoms with van der Waals surface area (Å²) in [6, 6.07) is 22.3. The Hall–Kier alpha value is -3.50. The SMILES string of the molecule is CC(=O)Oc1ccc([P+](C)(c2ccc(OC(C)=O)cc2)c2ccc(OC(C)=O)cc2)cc1. The van der Waals surface area contributed by atoms with Gasteiger partial charge in [0.15, 0.2) is 0 Å². The van der Waals surface area contributed by atoms with Gasteiger partial charge in [-0.3, -0.25) is 14.4 Å². The minimum absolute atomic E-state index is 0.377. The maximum Gasteiger partial charge on any atom is 0.308 e. The second-order valence-electron chi connectivity index (χ2n) is 7.27. The predicted octanol–water partition coefficient (Wildman–Crippen LogP) is 3.39. The summed E-state index contributed by atoms with van der Waals surface area (Å²) in [6.45, 7) is 6.26. The Morgan fingerprint density at radius 2 is 0.719 bits per heavy atom. The molecule has 0 amide bonds. The highest BCUT2D eigenvalue weighted by molar-refractivity contribution is 7.95. The molecule has 0 saturated carbocycles. The van der Waals surface area contributed by atoms with Crippen LogP contribution in [0.15, 0.2) is 72.8 Å². The molecule has 164 valence electrons. The van der Waals surface area contributed by atoms with E-state index in [2.05, 4.69) is 6.66 Å². The molecule has 0 unspecified atom stereocenters. The Labute approximate surface area is 187 Å². The fraction of sp³-hybridized carbons (Fsp3) is 0.160. The van der Waals surface area contributed by atoms with Crippen LogP contribution in [-0.4, -0.2) is 24.6 Å². The number of esters is 3. The van der Waals surface area contributed by atoms with Crippen molar-refractivity contribution in [3.8, 4) is 17.2 Å². The highest BCUT2D eigenvalue weighted by Crippen LogP contribution is 2.52. The van der Waals surface area contributed by atoms with Gasteiger partial charge in [0, 0.05) is 20.8 Å². The van der Waals surface area contributed by atoms with E-state index in [0.717, 1.165) is 15.9 Å². The number of carbonyl (C=O) groups is 3. The number of carbonyl (C=O) groups excluding carboxylic acids is 3. The van der Waals surface area contributed by atoms with Crippen LogP contribution < -0.4 is 30.1 Å². The van der Waals surface area contributed by atoms with E-state index < -0.39 is 7.26 Å². The maximum atomic E-state index is 11.3. The normalized spacial score (nSPS) is 10.9. The zero-order valence-corrected chi connectivity index (χ0v) is 19.2. The number of hydrogen-bond acceptors (Lipinski definition) is 6. The summed E-state index contributed by atoms with van der Waals surface area (Å²) in [5.41, 5.74) is 0. The molecule has 0 aliphatic rings. The standard InChI is InChI=1S/C25H24O6P/c1-17(26)29-20-5-11-23(12-6-20)32(4,24-13-7-21(8-14-24)30-18(2)27)25-15-9-22(10-16-25)31-19(3)28/h5-16H,1-4H3/q+1. The fourth-order valence-electron chi connectivity index (χ4n) is 3.38. The van der Waals surface area contributed by atoms with Crippen LogP contribution in [0.5, 0.6) is 17.2 Å². The van der Waals surface area contributed by atoms with E-state index in [-0.39, 0.29) is 17.9 Å². The van der Waals surface area contributed by atoms with E-state index in [4.69, 9.17) is 14.2 Å². The van der Waals surface area contributed by atoms with Crippen LogP contribution in [-0.2, 0) is 14.4 Å². The maximum absolute atomic E-state index is 11.3. The zero-order valence-electron chi connectivity index (χ0n) is 18.3. The topological polar surface area (TPSA) is 78.9 Å². The minimum Gasteiger partial charge on any atom is -0.427 e. The summed E-state index contributed by atoms with van der Waals surface area (Å²) in [5, 5.41) is 3.19. The predicted molar refractivity (Wildman–Crippen MR) is 125 cm³/mol. The Bertz CT molecular complexity index is 974. The third kappa shape index (κ3) is 5.40. The van der Waals surface area contributed by atoms with Crippen LogP contribution in [0.2, 0.25) is 0 Å². The average Bonchev–Trinajstić information content (AvgIpc) is 2.73. The van der Waals surface area contributed by atoms with Gasteiger partial charge in [-0.15, -0.1) is 0 Å². The number of rotatable bonds is 6. The molecule has 32 heavy (non-hydrogen) atoms. The van der Waals surface area contributed by atoms with Crippen molar-refractivity contribution in [2.75, 3.05) is 6.66 Å². The molecule has 0 fully saturated rings. The smallest absolute Gasteiger partial charge is 0.308 e. The second kappa shape index (κ2) is 9.75. The lowest BCUT2D eigenvalue weighted by molar-refractivity contribution is -0.132. The first kappa shape index (κ1) is 23.2. The molecule has 0 aliphatic heterocycles. The number of benzene rings is 3. The minimum atomic E-state index is -2.11. The van der Waals surface area contributed by atoms with Crippen molar-refractivity contribution < 1.29 is 28.6 Å². The fourth-order valence-corrected chi connectivity index (χ4v) is 6.51. The number of ether oxygens (including phenoxy) is 3. The Kier molecular flexibility index (Phi) is 7.06. The van der Waals surface area contributed by atoms with Crippen molar-refractivity contribution in [1.82, 2.24) is 0 Å². The van der Waals surface area contributed by atoms with Gasteiger partial charge in [0.2, 0.25) is 0 Å². The number of hydrogen-bond donors (Lipinski definition) is 0. The zero-order chi connectivity index (χ0) is 23.3. The van der Waals surface area contributed by atoms with E-state index in [1.54, 1.807) is 36.4 Å². The van der Waals surface area contributed by atoms with Gasteiger partial charge in [-0.1, -0.05) is 0 Å². The first-order valence-electron chi connectivity index (χ1n) is 9.92. The third-order valence-corrected chi connectivity index (χ3v) is 8.84. The average molecular weight is 451 g/mol. The largest absolute Gasteiger partial charge is 0.427 e.